The summed E-state index contributed by atoms with van der Waals surface area (Å²) in [5.41, 5.74) is 2.01. The maximum absolute atomic E-state index is 12.1. The molecule has 0 N–H and O–H groups in total. The lowest BCUT2D eigenvalue weighted by molar-refractivity contribution is 0.0601. The SMILES string of the molecule is COC(=O)c1ccc2c(c1)[Si](c1ccccc1)(c1ccccc1)CC2. The summed E-state index contributed by atoms with van der Waals surface area (Å²) < 4.78 is 4.95. The Bertz CT molecular complexity index is 864. The zero-order valence-electron chi connectivity index (χ0n) is 14.2. The first-order valence-corrected chi connectivity index (χ1v) is 10.8. The predicted octanol–water partition coefficient (Wildman–Crippen LogP) is 2.50. The van der Waals surface area contributed by atoms with Gasteiger partial charge in [-0.1, -0.05) is 66.7 Å². The van der Waals surface area contributed by atoms with Gasteiger partial charge >= 0.3 is 5.97 Å². The van der Waals surface area contributed by atoms with Crippen LogP contribution in [0.1, 0.15) is 15.9 Å². The summed E-state index contributed by atoms with van der Waals surface area (Å²) in [7, 11) is -0.664. The quantitative estimate of drug-likeness (QED) is 0.539. The molecule has 25 heavy (non-hydrogen) atoms. The van der Waals surface area contributed by atoms with E-state index in [2.05, 4.69) is 72.8 Å². The van der Waals surface area contributed by atoms with Gasteiger partial charge in [0.1, 0.15) is 8.07 Å². The maximum Gasteiger partial charge on any atom is 0.337 e. The zero-order valence-corrected chi connectivity index (χ0v) is 15.2. The number of rotatable bonds is 3. The van der Waals surface area contributed by atoms with Gasteiger partial charge in [-0.05, 0) is 45.7 Å². The van der Waals surface area contributed by atoms with E-state index in [0.717, 1.165) is 12.5 Å². The number of fused-ring (bicyclic) bond motifs is 1. The van der Waals surface area contributed by atoms with Crippen LogP contribution < -0.4 is 15.6 Å². The number of methoxy groups -OCH3 is 1. The van der Waals surface area contributed by atoms with E-state index in [9.17, 15) is 4.79 Å². The molecule has 2 nitrogen and oxygen atoms in total. The minimum absolute atomic E-state index is 0.265. The van der Waals surface area contributed by atoms with Gasteiger partial charge in [-0.2, -0.15) is 0 Å². The minimum atomic E-state index is -2.10. The third-order valence-corrected chi connectivity index (χ3v) is 10.3. The summed E-state index contributed by atoms with van der Waals surface area (Å²) in [5, 5.41) is 4.16. The second kappa shape index (κ2) is 6.34. The van der Waals surface area contributed by atoms with Crippen molar-refractivity contribution in [2.75, 3.05) is 7.11 Å². The lowest BCUT2D eigenvalue weighted by Crippen LogP contribution is -2.65. The van der Waals surface area contributed by atoms with Gasteiger partial charge in [0.15, 0.2) is 0 Å². The summed E-state index contributed by atoms with van der Waals surface area (Å²) in [6, 6.07) is 28.8. The fourth-order valence-corrected chi connectivity index (χ4v) is 9.23. The molecular weight excluding hydrogens is 324 g/mol. The van der Waals surface area contributed by atoms with Crippen LogP contribution in [-0.4, -0.2) is 21.2 Å². The molecule has 0 unspecified atom stereocenters. The Labute approximate surface area is 149 Å². The normalized spacial score (nSPS) is 14.8. The Balaban J connectivity index is 1.98. The lowest BCUT2D eigenvalue weighted by Gasteiger charge is -2.30. The van der Waals surface area contributed by atoms with Crippen molar-refractivity contribution < 1.29 is 9.53 Å². The van der Waals surface area contributed by atoms with Crippen molar-refractivity contribution >= 4 is 29.6 Å². The second-order valence-corrected chi connectivity index (χ2v) is 10.5. The number of carbonyl (C=O) groups excluding carboxylic acids is 1. The van der Waals surface area contributed by atoms with E-state index in [1.54, 1.807) is 0 Å². The smallest absolute Gasteiger partial charge is 0.337 e. The Hall–Kier alpha value is -2.65. The van der Waals surface area contributed by atoms with Crippen LogP contribution in [0.4, 0.5) is 0 Å². The van der Waals surface area contributed by atoms with Gasteiger partial charge in [0.2, 0.25) is 0 Å². The van der Waals surface area contributed by atoms with Crippen molar-refractivity contribution in [3.8, 4) is 0 Å². The summed E-state index contributed by atoms with van der Waals surface area (Å²) in [4.78, 5) is 12.1. The molecule has 0 radical (unpaired) electrons. The molecule has 0 atom stereocenters. The molecule has 0 saturated heterocycles. The van der Waals surface area contributed by atoms with Crippen molar-refractivity contribution in [2.24, 2.45) is 0 Å². The summed E-state index contributed by atoms with van der Waals surface area (Å²) in [5.74, 6) is -0.265. The van der Waals surface area contributed by atoms with Gasteiger partial charge in [-0.25, -0.2) is 4.79 Å². The average molecular weight is 344 g/mol. The Morgan fingerprint density at radius 1 is 0.880 bits per heavy atom. The van der Waals surface area contributed by atoms with Crippen molar-refractivity contribution in [3.63, 3.8) is 0 Å². The molecule has 124 valence electrons. The van der Waals surface area contributed by atoms with Gasteiger partial charge in [-0.15, -0.1) is 0 Å². The molecule has 1 heterocycles. The molecule has 0 fully saturated rings. The molecule has 0 amide bonds. The summed E-state index contributed by atoms with van der Waals surface area (Å²) >= 11 is 0. The molecule has 0 aromatic heterocycles. The van der Waals surface area contributed by atoms with E-state index >= 15 is 0 Å². The summed E-state index contributed by atoms with van der Waals surface area (Å²) in [6.07, 6.45) is 1.06. The van der Waals surface area contributed by atoms with E-state index in [1.165, 1.54) is 28.2 Å². The molecule has 3 aromatic rings. The van der Waals surface area contributed by atoms with Crippen LogP contribution in [0.2, 0.25) is 6.04 Å². The van der Waals surface area contributed by atoms with Crippen LogP contribution in [-0.2, 0) is 11.2 Å². The maximum atomic E-state index is 12.1. The highest BCUT2D eigenvalue weighted by Gasteiger charge is 2.44. The van der Waals surface area contributed by atoms with Crippen LogP contribution in [0, 0.1) is 0 Å². The fraction of sp³-hybridized carbons (Fsp3) is 0.136. The molecule has 3 heteroatoms. The third kappa shape index (κ3) is 2.52. The summed E-state index contributed by atoms with van der Waals surface area (Å²) in [6.45, 7) is 0. The first kappa shape index (κ1) is 15.9. The topological polar surface area (TPSA) is 26.3 Å². The number of esters is 1. The highest BCUT2D eigenvalue weighted by molar-refractivity contribution is 7.12. The fourth-order valence-electron chi connectivity index (χ4n) is 4.11. The van der Waals surface area contributed by atoms with E-state index in [0.29, 0.717) is 5.56 Å². The number of aryl methyl sites for hydroxylation is 1. The van der Waals surface area contributed by atoms with E-state index in [1.807, 2.05) is 6.07 Å². The molecular formula is C22H20O2Si. The first-order chi connectivity index (χ1) is 12.3. The van der Waals surface area contributed by atoms with Crippen LogP contribution in [0.3, 0.4) is 0 Å². The molecule has 1 aliphatic rings. The van der Waals surface area contributed by atoms with Crippen molar-refractivity contribution in [1.82, 2.24) is 0 Å². The standard InChI is InChI=1S/C22H20O2Si/c1-24-22(23)18-13-12-17-14-15-25(21(17)16-18,19-8-4-2-5-9-19)20-10-6-3-7-11-20/h2-13,16H,14-15H2,1H3. The van der Waals surface area contributed by atoms with Crippen molar-refractivity contribution in [3.05, 3.63) is 90.0 Å². The highest BCUT2D eigenvalue weighted by atomic mass is 28.3. The van der Waals surface area contributed by atoms with E-state index < -0.39 is 8.07 Å². The molecule has 0 spiro atoms. The van der Waals surface area contributed by atoms with Crippen LogP contribution in [0.25, 0.3) is 0 Å². The number of hydrogen-bond donors (Lipinski definition) is 0. The molecule has 1 aliphatic heterocycles. The first-order valence-electron chi connectivity index (χ1n) is 8.58. The highest BCUT2D eigenvalue weighted by Crippen LogP contribution is 2.25. The minimum Gasteiger partial charge on any atom is -0.465 e. The molecule has 3 aromatic carbocycles. The van der Waals surface area contributed by atoms with Crippen molar-refractivity contribution in [2.45, 2.75) is 12.5 Å². The second-order valence-electron chi connectivity index (χ2n) is 6.50. The largest absolute Gasteiger partial charge is 0.465 e. The van der Waals surface area contributed by atoms with Crippen LogP contribution >= 0.6 is 0 Å². The Kier molecular flexibility index (Phi) is 4.02. The van der Waals surface area contributed by atoms with Crippen molar-refractivity contribution in [1.29, 1.82) is 0 Å². The van der Waals surface area contributed by atoms with E-state index in [-0.39, 0.29) is 5.97 Å². The van der Waals surface area contributed by atoms with Gasteiger partial charge < -0.3 is 4.74 Å². The molecule has 0 aliphatic carbocycles. The predicted molar refractivity (Wildman–Crippen MR) is 104 cm³/mol. The van der Waals surface area contributed by atoms with Gasteiger partial charge in [-0.3, -0.25) is 0 Å². The zero-order chi connectivity index (χ0) is 17.3. The van der Waals surface area contributed by atoms with Crippen LogP contribution in [0.5, 0.6) is 0 Å². The Morgan fingerprint density at radius 3 is 2.04 bits per heavy atom. The molecule has 0 bridgehead atoms. The average Bonchev–Trinajstić information content (AvgIpc) is 3.08. The number of ether oxygens (including phenoxy) is 1. The monoisotopic (exact) mass is 344 g/mol. The molecule has 4 rings (SSSR count). The van der Waals surface area contributed by atoms with Gasteiger partial charge in [0.05, 0.1) is 12.7 Å². The van der Waals surface area contributed by atoms with Crippen LogP contribution in [0.15, 0.2) is 78.9 Å². The lowest BCUT2D eigenvalue weighted by atomic mass is 10.1. The number of hydrogen-bond acceptors (Lipinski definition) is 2. The number of benzene rings is 3. The Morgan fingerprint density at radius 2 is 1.48 bits per heavy atom. The van der Waals surface area contributed by atoms with Gasteiger partial charge in [0.25, 0.3) is 0 Å². The number of carbonyl (C=O) groups is 1. The van der Waals surface area contributed by atoms with E-state index in [4.69, 9.17) is 4.74 Å². The third-order valence-electron chi connectivity index (χ3n) is 5.29. The molecule has 0 saturated carbocycles. The van der Waals surface area contributed by atoms with Gasteiger partial charge in [0, 0.05) is 0 Å².